The van der Waals surface area contributed by atoms with Gasteiger partial charge in [-0.1, -0.05) is 6.07 Å². The highest BCUT2D eigenvalue weighted by Crippen LogP contribution is 2.32. The Hall–Kier alpha value is -2.73. The number of aromatic hydroxyl groups is 1. The molecular weight excluding hydrogens is 368 g/mol. The highest BCUT2D eigenvalue weighted by molar-refractivity contribution is 5.97. The van der Waals surface area contributed by atoms with Crippen molar-refractivity contribution in [1.82, 2.24) is 10.2 Å². The summed E-state index contributed by atoms with van der Waals surface area (Å²) in [6.45, 7) is 8.08. The van der Waals surface area contributed by atoms with Gasteiger partial charge in [0.15, 0.2) is 0 Å². The molecular formula is C23H30N2O4. The molecule has 2 aromatic carbocycles. The van der Waals surface area contributed by atoms with Crippen molar-refractivity contribution >= 4 is 5.91 Å². The van der Waals surface area contributed by atoms with Gasteiger partial charge in [-0.15, -0.1) is 0 Å². The Labute approximate surface area is 172 Å². The minimum absolute atomic E-state index is 0.0372. The van der Waals surface area contributed by atoms with Crippen LogP contribution in [0.3, 0.4) is 0 Å². The lowest BCUT2D eigenvalue weighted by atomic mass is 9.97. The van der Waals surface area contributed by atoms with Crippen molar-refractivity contribution in [3.05, 3.63) is 52.6 Å². The van der Waals surface area contributed by atoms with Gasteiger partial charge in [-0.2, -0.15) is 0 Å². The summed E-state index contributed by atoms with van der Waals surface area (Å²) in [6, 6.07) is 9.10. The molecule has 0 aromatic heterocycles. The van der Waals surface area contributed by atoms with E-state index in [1.165, 1.54) is 24.3 Å². The molecule has 0 radical (unpaired) electrons. The summed E-state index contributed by atoms with van der Waals surface area (Å²) in [5, 5.41) is 13.1. The molecule has 1 heterocycles. The third-order valence-corrected chi connectivity index (χ3v) is 6.00. The number of carbonyl (C=O) groups excluding carboxylic acids is 1. The van der Waals surface area contributed by atoms with E-state index in [9.17, 15) is 9.90 Å². The van der Waals surface area contributed by atoms with Crippen LogP contribution < -0.4 is 14.8 Å². The van der Waals surface area contributed by atoms with E-state index in [2.05, 4.69) is 37.1 Å². The predicted molar refractivity (Wildman–Crippen MR) is 113 cm³/mol. The predicted octanol–water partition coefficient (Wildman–Crippen LogP) is 3.59. The zero-order valence-electron chi connectivity index (χ0n) is 17.8. The Morgan fingerprint density at radius 3 is 2.62 bits per heavy atom. The molecule has 6 nitrogen and oxygen atoms in total. The first-order chi connectivity index (χ1) is 13.8. The largest absolute Gasteiger partial charge is 0.507 e. The number of benzene rings is 2. The fraction of sp³-hybridized carbons (Fsp3) is 0.435. The maximum atomic E-state index is 12.6. The molecule has 1 saturated heterocycles. The van der Waals surface area contributed by atoms with Crippen LogP contribution in [0, 0.1) is 13.8 Å². The lowest BCUT2D eigenvalue weighted by Gasteiger charge is -2.27. The molecule has 1 unspecified atom stereocenters. The molecule has 3 rings (SSSR count). The molecule has 156 valence electrons. The molecule has 1 aliphatic rings. The topological polar surface area (TPSA) is 71.0 Å². The summed E-state index contributed by atoms with van der Waals surface area (Å²) in [4.78, 5) is 15.0. The SMILES string of the molecule is COc1ccc(O)c(C(=O)N[C@@H]2CCN(C(C)c3ccc(OC)c(C)c3C)C2)c1. The molecule has 2 N–H and O–H groups in total. The van der Waals surface area contributed by atoms with Gasteiger partial charge >= 0.3 is 0 Å². The normalized spacial score (nSPS) is 17.8. The van der Waals surface area contributed by atoms with Gasteiger partial charge in [0.1, 0.15) is 17.2 Å². The molecule has 6 heteroatoms. The van der Waals surface area contributed by atoms with Crippen molar-refractivity contribution in [2.75, 3.05) is 27.3 Å². The number of phenols is 1. The number of hydrogen-bond donors (Lipinski definition) is 2. The van der Waals surface area contributed by atoms with Crippen LogP contribution in [0.25, 0.3) is 0 Å². The zero-order chi connectivity index (χ0) is 21.1. The van der Waals surface area contributed by atoms with Crippen molar-refractivity contribution in [2.45, 2.75) is 39.3 Å². The first kappa shape index (κ1) is 21.0. The number of nitrogens with zero attached hydrogens (tertiary/aromatic N) is 1. The van der Waals surface area contributed by atoms with Crippen molar-refractivity contribution in [2.24, 2.45) is 0 Å². The summed E-state index contributed by atoms with van der Waals surface area (Å²) in [7, 11) is 3.23. The smallest absolute Gasteiger partial charge is 0.255 e. The maximum absolute atomic E-state index is 12.6. The Morgan fingerprint density at radius 2 is 1.93 bits per heavy atom. The Bertz CT molecular complexity index is 897. The van der Waals surface area contributed by atoms with Crippen LogP contribution in [0.4, 0.5) is 0 Å². The summed E-state index contributed by atoms with van der Waals surface area (Å²) >= 11 is 0. The molecule has 0 bridgehead atoms. The van der Waals surface area contributed by atoms with Crippen LogP contribution in [0.2, 0.25) is 0 Å². The second-order valence-electron chi connectivity index (χ2n) is 7.62. The van der Waals surface area contributed by atoms with E-state index in [0.717, 1.165) is 30.8 Å². The van der Waals surface area contributed by atoms with E-state index in [4.69, 9.17) is 9.47 Å². The fourth-order valence-electron chi connectivity index (χ4n) is 4.03. The molecule has 0 spiro atoms. The zero-order valence-corrected chi connectivity index (χ0v) is 17.8. The molecule has 1 amide bonds. The lowest BCUT2D eigenvalue weighted by Crippen LogP contribution is -2.37. The summed E-state index contributed by atoms with van der Waals surface area (Å²) in [5.74, 6) is 1.12. The third kappa shape index (κ3) is 4.32. The summed E-state index contributed by atoms with van der Waals surface area (Å²) in [5.41, 5.74) is 3.92. The van der Waals surface area contributed by atoms with Crippen LogP contribution in [0.15, 0.2) is 30.3 Å². The molecule has 1 fully saturated rings. The van der Waals surface area contributed by atoms with E-state index >= 15 is 0 Å². The van der Waals surface area contributed by atoms with Gasteiger partial charge in [-0.25, -0.2) is 0 Å². The first-order valence-corrected chi connectivity index (χ1v) is 9.91. The number of hydrogen-bond acceptors (Lipinski definition) is 5. The van der Waals surface area contributed by atoms with E-state index in [1.54, 1.807) is 19.2 Å². The van der Waals surface area contributed by atoms with Crippen molar-refractivity contribution < 1.29 is 19.4 Å². The highest BCUT2D eigenvalue weighted by atomic mass is 16.5. The summed E-state index contributed by atoms with van der Waals surface area (Å²) < 4.78 is 10.6. The number of carbonyl (C=O) groups is 1. The number of phenolic OH excluding ortho intramolecular Hbond substituents is 1. The number of likely N-dealkylation sites (tertiary alicyclic amines) is 1. The quantitative estimate of drug-likeness (QED) is 0.778. The molecule has 1 aliphatic heterocycles. The third-order valence-electron chi connectivity index (χ3n) is 6.00. The Balaban J connectivity index is 1.67. The van der Waals surface area contributed by atoms with Crippen LogP contribution in [-0.2, 0) is 0 Å². The van der Waals surface area contributed by atoms with Crippen LogP contribution in [-0.4, -0.2) is 49.3 Å². The number of methoxy groups -OCH3 is 2. The van der Waals surface area contributed by atoms with Crippen LogP contribution in [0.5, 0.6) is 17.2 Å². The van der Waals surface area contributed by atoms with Crippen molar-refractivity contribution in [1.29, 1.82) is 0 Å². The lowest BCUT2D eigenvalue weighted by molar-refractivity contribution is 0.0933. The number of nitrogens with one attached hydrogen (secondary N) is 1. The van der Waals surface area contributed by atoms with Crippen LogP contribution in [0.1, 0.15) is 46.4 Å². The highest BCUT2D eigenvalue weighted by Gasteiger charge is 2.29. The second kappa shape index (κ2) is 8.74. The van der Waals surface area contributed by atoms with E-state index in [-0.39, 0.29) is 29.3 Å². The van der Waals surface area contributed by atoms with Gasteiger partial charge in [-0.3, -0.25) is 9.69 Å². The van der Waals surface area contributed by atoms with E-state index in [1.807, 2.05) is 6.07 Å². The fourth-order valence-corrected chi connectivity index (χ4v) is 4.03. The standard InChI is InChI=1S/C23H30N2O4/c1-14-15(2)22(29-5)9-7-19(14)16(3)25-11-10-17(13-25)24-23(27)20-12-18(28-4)6-8-21(20)26/h6-9,12,16-17,26H,10-11,13H2,1-5H3,(H,24,27)/t16?,17-/m1/s1. The second-order valence-corrected chi connectivity index (χ2v) is 7.62. The minimum atomic E-state index is -0.280. The Morgan fingerprint density at radius 1 is 1.17 bits per heavy atom. The Kier molecular flexibility index (Phi) is 6.33. The molecule has 2 aromatic rings. The molecule has 0 saturated carbocycles. The molecule has 2 atom stereocenters. The maximum Gasteiger partial charge on any atom is 0.255 e. The monoisotopic (exact) mass is 398 g/mol. The average molecular weight is 399 g/mol. The van der Waals surface area contributed by atoms with Gasteiger partial charge in [-0.05, 0) is 68.1 Å². The van der Waals surface area contributed by atoms with E-state index in [0.29, 0.717) is 5.75 Å². The first-order valence-electron chi connectivity index (χ1n) is 9.91. The van der Waals surface area contributed by atoms with Gasteiger partial charge < -0.3 is 19.9 Å². The minimum Gasteiger partial charge on any atom is -0.507 e. The van der Waals surface area contributed by atoms with Crippen LogP contribution >= 0.6 is 0 Å². The van der Waals surface area contributed by atoms with Gasteiger partial charge in [0.2, 0.25) is 0 Å². The van der Waals surface area contributed by atoms with E-state index < -0.39 is 0 Å². The number of amides is 1. The average Bonchev–Trinajstić information content (AvgIpc) is 3.18. The number of rotatable bonds is 6. The van der Waals surface area contributed by atoms with Crippen molar-refractivity contribution in [3.8, 4) is 17.2 Å². The summed E-state index contributed by atoms with van der Waals surface area (Å²) in [6.07, 6.45) is 0.870. The van der Waals surface area contributed by atoms with Gasteiger partial charge in [0, 0.05) is 25.2 Å². The molecule has 0 aliphatic carbocycles. The molecule has 29 heavy (non-hydrogen) atoms. The van der Waals surface area contributed by atoms with Gasteiger partial charge in [0.25, 0.3) is 5.91 Å². The van der Waals surface area contributed by atoms with Gasteiger partial charge in [0.05, 0.1) is 19.8 Å². The van der Waals surface area contributed by atoms with Crippen molar-refractivity contribution in [3.63, 3.8) is 0 Å². The number of ether oxygens (including phenoxy) is 2.